The summed E-state index contributed by atoms with van der Waals surface area (Å²) in [5.74, 6) is 0.0169. The molecule has 148 valence electrons. The molecule has 2 aromatic carbocycles. The number of fused-ring (bicyclic) bond motifs is 1. The van der Waals surface area contributed by atoms with Gasteiger partial charge in [-0.25, -0.2) is 0 Å². The minimum absolute atomic E-state index is 0.00582. The normalized spacial score (nSPS) is 15.9. The Balaban J connectivity index is 1.98. The molecule has 0 aromatic heterocycles. The maximum Gasteiger partial charge on any atom is 0.307 e. The second kappa shape index (κ2) is 9.07. The lowest BCUT2D eigenvalue weighted by Gasteiger charge is -2.34. The van der Waals surface area contributed by atoms with E-state index in [1.807, 2.05) is 18.2 Å². The van der Waals surface area contributed by atoms with Crippen LogP contribution in [0.5, 0.6) is 5.75 Å². The third-order valence-corrected chi connectivity index (χ3v) is 6.22. The predicted octanol–water partition coefficient (Wildman–Crippen LogP) is 4.96. The second-order valence-corrected chi connectivity index (χ2v) is 8.15. The fourth-order valence-corrected chi connectivity index (χ4v) is 4.55. The number of para-hydroxylation sites is 1. The van der Waals surface area contributed by atoms with E-state index in [1.165, 1.54) is 11.8 Å². The molecule has 0 saturated carbocycles. The standard InChI is InChI=1S/C20H19Cl2NO4S/c1-3-27-18(24)10-17-20(25)23(11-12-7-8-13(21)14(22)9-12)19-15(26-2)5-4-6-16(19)28-17/h4-9,17H,3,10-11H2,1-2H3. The summed E-state index contributed by atoms with van der Waals surface area (Å²) in [6, 6.07) is 10.8. The molecule has 28 heavy (non-hydrogen) atoms. The number of benzene rings is 2. The van der Waals surface area contributed by atoms with Crippen LogP contribution in [-0.4, -0.2) is 30.8 Å². The number of methoxy groups -OCH3 is 1. The summed E-state index contributed by atoms with van der Waals surface area (Å²) in [5, 5.41) is 0.298. The lowest BCUT2D eigenvalue weighted by molar-refractivity contribution is -0.144. The summed E-state index contributed by atoms with van der Waals surface area (Å²) in [6.07, 6.45) is 0.00582. The SMILES string of the molecule is CCOC(=O)CC1Sc2cccc(OC)c2N(Cc2ccc(Cl)c(Cl)c2)C1=O. The van der Waals surface area contributed by atoms with E-state index in [0.29, 0.717) is 21.5 Å². The average molecular weight is 440 g/mol. The van der Waals surface area contributed by atoms with Crippen molar-refractivity contribution in [1.29, 1.82) is 0 Å². The van der Waals surface area contributed by atoms with E-state index in [9.17, 15) is 9.59 Å². The molecule has 3 rings (SSSR count). The Bertz CT molecular complexity index is 906. The molecule has 2 aromatic rings. The number of amides is 1. The van der Waals surface area contributed by atoms with Gasteiger partial charge in [-0.2, -0.15) is 0 Å². The molecule has 0 bridgehead atoms. The van der Waals surface area contributed by atoms with Gasteiger partial charge in [-0.1, -0.05) is 35.3 Å². The Kier molecular flexibility index (Phi) is 6.75. The Morgan fingerprint density at radius 1 is 1.21 bits per heavy atom. The number of thioether (sulfide) groups is 1. The molecule has 1 aliphatic heterocycles. The maximum absolute atomic E-state index is 13.2. The third kappa shape index (κ3) is 4.40. The van der Waals surface area contributed by atoms with Crippen LogP contribution in [0.25, 0.3) is 0 Å². The highest BCUT2D eigenvalue weighted by Gasteiger charge is 2.37. The summed E-state index contributed by atoms with van der Waals surface area (Å²) in [5.41, 5.74) is 1.51. The number of halogens is 2. The van der Waals surface area contributed by atoms with Crippen molar-refractivity contribution in [3.05, 3.63) is 52.0 Å². The molecule has 1 heterocycles. The highest BCUT2D eigenvalue weighted by Crippen LogP contribution is 2.46. The summed E-state index contributed by atoms with van der Waals surface area (Å²) in [4.78, 5) is 27.7. The first kappa shape index (κ1) is 20.8. The van der Waals surface area contributed by atoms with E-state index in [2.05, 4.69) is 0 Å². The monoisotopic (exact) mass is 439 g/mol. The average Bonchev–Trinajstić information content (AvgIpc) is 2.67. The van der Waals surface area contributed by atoms with Crippen LogP contribution in [0, 0.1) is 0 Å². The van der Waals surface area contributed by atoms with E-state index in [-0.39, 0.29) is 25.5 Å². The van der Waals surface area contributed by atoms with Crippen molar-refractivity contribution in [2.75, 3.05) is 18.6 Å². The zero-order chi connectivity index (χ0) is 20.3. The van der Waals surface area contributed by atoms with Crippen LogP contribution < -0.4 is 9.64 Å². The summed E-state index contributed by atoms with van der Waals surface area (Å²) in [6.45, 7) is 2.30. The van der Waals surface area contributed by atoms with E-state index in [4.69, 9.17) is 32.7 Å². The van der Waals surface area contributed by atoms with Crippen molar-refractivity contribution in [2.24, 2.45) is 0 Å². The Morgan fingerprint density at radius 3 is 2.68 bits per heavy atom. The van der Waals surface area contributed by atoms with Crippen LogP contribution >= 0.6 is 35.0 Å². The number of nitrogens with zero attached hydrogens (tertiary/aromatic N) is 1. The molecule has 1 amide bonds. The van der Waals surface area contributed by atoms with E-state index < -0.39 is 11.2 Å². The minimum Gasteiger partial charge on any atom is -0.495 e. The van der Waals surface area contributed by atoms with Gasteiger partial charge in [-0.3, -0.25) is 9.59 Å². The second-order valence-electron chi connectivity index (χ2n) is 6.10. The van der Waals surface area contributed by atoms with Gasteiger partial charge in [-0.15, -0.1) is 11.8 Å². The van der Waals surface area contributed by atoms with Crippen molar-refractivity contribution >= 4 is 52.5 Å². The Hall–Kier alpha value is -1.89. The highest BCUT2D eigenvalue weighted by molar-refractivity contribution is 8.01. The van der Waals surface area contributed by atoms with Crippen molar-refractivity contribution in [2.45, 2.75) is 30.0 Å². The molecule has 0 N–H and O–H groups in total. The number of ether oxygens (including phenoxy) is 2. The minimum atomic E-state index is -0.568. The van der Waals surface area contributed by atoms with Gasteiger partial charge in [0, 0.05) is 4.90 Å². The van der Waals surface area contributed by atoms with Gasteiger partial charge in [0.05, 0.1) is 42.0 Å². The zero-order valence-electron chi connectivity index (χ0n) is 15.4. The van der Waals surface area contributed by atoms with E-state index >= 15 is 0 Å². The molecule has 1 unspecified atom stereocenters. The van der Waals surface area contributed by atoms with Crippen LogP contribution in [0.15, 0.2) is 41.3 Å². The summed E-state index contributed by atoms with van der Waals surface area (Å²) in [7, 11) is 1.56. The molecule has 0 aliphatic carbocycles. The number of hydrogen-bond donors (Lipinski definition) is 0. The van der Waals surface area contributed by atoms with Gasteiger partial charge in [0.25, 0.3) is 0 Å². The van der Waals surface area contributed by atoms with Crippen LogP contribution in [-0.2, 0) is 20.9 Å². The number of anilines is 1. The molecule has 1 aliphatic rings. The Labute approximate surface area is 177 Å². The molecular formula is C20H19Cl2NO4S. The van der Waals surface area contributed by atoms with Gasteiger partial charge < -0.3 is 14.4 Å². The molecule has 0 fully saturated rings. The maximum atomic E-state index is 13.2. The molecule has 0 saturated heterocycles. The van der Waals surface area contributed by atoms with Crippen LogP contribution in [0.3, 0.4) is 0 Å². The Morgan fingerprint density at radius 2 is 2.00 bits per heavy atom. The number of hydrogen-bond acceptors (Lipinski definition) is 5. The van der Waals surface area contributed by atoms with Crippen LogP contribution in [0.2, 0.25) is 10.0 Å². The van der Waals surface area contributed by atoms with Gasteiger partial charge >= 0.3 is 5.97 Å². The lowest BCUT2D eigenvalue weighted by Crippen LogP contribution is -2.41. The zero-order valence-corrected chi connectivity index (χ0v) is 17.7. The molecular weight excluding hydrogens is 421 g/mol. The van der Waals surface area contributed by atoms with Crippen molar-refractivity contribution < 1.29 is 19.1 Å². The molecule has 0 radical (unpaired) electrons. The fourth-order valence-electron chi connectivity index (χ4n) is 2.99. The van der Waals surface area contributed by atoms with E-state index in [0.717, 1.165) is 10.5 Å². The smallest absolute Gasteiger partial charge is 0.307 e. The van der Waals surface area contributed by atoms with Gasteiger partial charge in [-0.05, 0) is 36.8 Å². The molecule has 1 atom stereocenters. The lowest BCUT2D eigenvalue weighted by atomic mass is 10.1. The summed E-state index contributed by atoms with van der Waals surface area (Å²) < 4.78 is 10.5. The number of carbonyl (C=O) groups is 2. The first-order valence-electron chi connectivity index (χ1n) is 8.69. The van der Waals surface area contributed by atoms with Crippen molar-refractivity contribution in [3.63, 3.8) is 0 Å². The number of carbonyl (C=O) groups excluding carboxylic acids is 2. The number of esters is 1. The van der Waals surface area contributed by atoms with Crippen molar-refractivity contribution in [3.8, 4) is 5.75 Å². The van der Waals surface area contributed by atoms with Gasteiger partial charge in [0.2, 0.25) is 5.91 Å². The van der Waals surface area contributed by atoms with Crippen LogP contribution in [0.4, 0.5) is 5.69 Å². The molecule has 8 heteroatoms. The van der Waals surface area contributed by atoms with Gasteiger partial charge in [0.1, 0.15) is 11.4 Å². The highest BCUT2D eigenvalue weighted by atomic mass is 35.5. The molecule has 5 nitrogen and oxygen atoms in total. The first-order valence-corrected chi connectivity index (χ1v) is 10.3. The first-order chi connectivity index (χ1) is 13.4. The quantitative estimate of drug-likeness (QED) is 0.595. The predicted molar refractivity (Wildman–Crippen MR) is 112 cm³/mol. The van der Waals surface area contributed by atoms with E-state index in [1.54, 1.807) is 37.1 Å². The van der Waals surface area contributed by atoms with Gasteiger partial charge in [0.15, 0.2) is 0 Å². The topological polar surface area (TPSA) is 55.8 Å². The largest absolute Gasteiger partial charge is 0.495 e. The summed E-state index contributed by atoms with van der Waals surface area (Å²) >= 11 is 13.5. The van der Waals surface area contributed by atoms with Crippen molar-refractivity contribution in [1.82, 2.24) is 0 Å². The third-order valence-electron chi connectivity index (χ3n) is 4.24. The molecule has 0 spiro atoms. The van der Waals surface area contributed by atoms with Crippen LogP contribution in [0.1, 0.15) is 18.9 Å². The number of rotatable bonds is 6. The fraction of sp³-hybridized carbons (Fsp3) is 0.300.